The Labute approximate surface area is 118 Å². The SMILES string of the molecule is COc1ccc(C(CO)COc2cccc(O)c2)cc1. The molecule has 1 atom stereocenters. The van der Waals surface area contributed by atoms with Gasteiger partial charge in [0, 0.05) is 12.0 Å². The van der Waals surface area contributed by atoms with Crippen molar-refractivity contribution in [3.8, 4) is 17.2 Å². The van der Waals surface area contributed by atoms with Gasteiger partial charge >= 0.3 is 0 Å². The molecule has 0 amide bonds. The number of aliphatic hydroxyl groups excluding tert-OH is 1. The molecule has 0 bridgehead atoms. The second-order valence-corrected chi connectivity index (χ2v) is 4.46. The summed E-state index contributed by atoms with van der Waals surface area (Å²) in [7, 11) is 1.61. The molecule has 2 rings (SSSR count). The Morgan fingerprint density at radius 1 is 1.05 bits per heavy atom. The molecule has 20 heavy (non-hydrogen) atoms. The number of phenolic OH excluding ortho intramolecular Hbond substituents is 1. The summed E-state index contributed by atoms with van der Waals surface area (Å²) in [6.07, 6.45) is 0. The predicted octanol–water partition coefficient (Wildman–Crippen LogP) is 2.56. The van der Waals surface area contributed by atoms with Crippen LogP contribution in [0.15, 0.2) is 48.5 Å². The molecule has 0 saturated carbocycles. The maximum absolute atomic E-state index is 9.48. The molecule has 0 fully saturated rings. The molecule has 0 aromatic heterocycles. The van der Waals surface area contributed by atoms with Gasteiger partial charge in [-0.25, -0.2) is 0 Å². The van der Waals surface area contributed by atoms with Crippen molar-refractivity contribution in [3.63, 3.8) is 0 Å². The summed E-state index contributed by atoms with van der Waals surface area (Å²) < 4.78 is 10.7. The molecule has 106 valence electrons. The molecule has 2 aromatic rings. The summed E-state index contributed by atoms with van der Waals surface area (Å²) in [6, 6.07) is 14.1. The van der Waals surface area contributed by atoms with E-state index in [1.54, 1.807) is 31.4 Å². The van der Waals surface area contributed by atoms with E-state index in [4.69, 9.17) is 9.47 Å². The number of aromatic hydroxyl groups is 1. The molecule has 0 aliphatic heterocycles. The monoisotopic (exact) mass is 274 g/mol. The zero-order valence-corrected chi connectivity index (χ0v) is 11.3. The Morgan fingerprint density at radius 3 is 2.40 bits per heavy atom. The van der Waals surface area contributed by atoms with Crippen LogP contribution < -0.4 is 9.47 Å². The highest BCUT2D eigenvalue weighted by atomic mass is 16.5. The van der Waals surface area contributed by atoms with Crippen LogP contribution in [0.5, 0.6) is 17.2 Å². The quantitative estimate of drug-likeness (QED) is 0.850. The van der Waals surface area contributed by atoms with Crippen molar-refractivity contribution < 1.29 is 19.7 Å². The fraction of sp³-hybridized carbons (Fsp3) is 0.250. The van der Waals surface area contributed by atoms with Crippen molar-refractivity contribution in [1.29, 1.82) is 0 Å². The van der Waals surface area contributed by atoms with Gasteiger partial charge in [-0.3, -0.25) is 0 Å². The number of hydrogen-bond donors (Lipinski definition) is 2. The van der Waals surface area contributed by atoms with Gasteiger partial charge < -0.3 is 19.7 Å². The van der Waals surface area contributed by atoms with E-state index in [2.05, 4.69) is 0 Å². The van der Waals surface area contributed by atoms with Gasteiger partial charge in [0.15, 0.2) is 0 Å². The second kappa shape index (κ2) is 6.82. The Morgan fingerprint density at radius 2 is 1.80 bits per heavy atom. The molecule has 0 spiro atoms. The predicted molar refractivity (Wildman–Crippen MR) is 76.4 cm³/mol. The number of ether oxygens (including phenoxy) is 2. The van der Waals surface area contributed by atoms with E-state index in [0.717, 1.165) is 11.3 Å². The summed E-state index contributed by atoms with van der Waals surface area (Å²) >= 11 is 0. The molecule has 4 nitrogen and oxygen atoms in total. The zero-order valence-electron chi connectivity index (χ0n) is 11.3. The number of methoxy groups -OCH3 is 1. The summed E-state index contributed by atoms with van der Waals surface area (Å²) in [4.78, 5) is 0. The standard InChI is InChI=1S/C16H18O4/c1-19-15-7-5-12(6-8-15)13(10-17)11-20-16-4-2-3-14(18)9-16/h2-9,13,17-18H,10-11H2,1H3. The minimum Gasteiger partial charge on any atom is -0.508 e. The van der Waals surface area contributed by atoms with Crippen molar-refractivity contribution in [2.45, 2.75) is 5.92 Å². The van der Waals surface area contributed by atoms with Gasteiger partial charge in [0.25, 0.3) is 0 Å². The molecule has 4 heteroatoms. The fourth-order valence-corrected chi connectivity index (χ4v) is 1.90. The van der Waals surface area contributed by atoms with Crippen LogP contribution in [0.4, 0.5) is 0 Å². The summed E-state index contributed by atoms with van der Waals surface area (Å²) in [5, 5.41) is 18.8. The van der Waals surface area contributed by atoms with Gasteiger partial charge in [0.2, 0.25) is 0 Å². The Kier molecular flexibility index (Phi) is 4.85. The largest absolute Gasteiger partial charge is 0.508 e. The molecule has 0 aliphatic carbocycles. The maximum atomic E-state index is 9.48. The molecule has 0 saturated heterocycles. The third kappa shape index (κ3) is 3.65. The van der Waals surface area contributed by atoms with Crippen molar-refractivity contribution in [2.75, 3.05) is 20.3 Å². The topological polar surface area (TPSA) is 58.9 Å². The lowest BCUT2D eigenvalue weighted by atomic mass is 10.0. The van der Waals surface area contributed by atoms with E-state index in [0.29, 0.717) is 12.4 Å². The highest BCUT2D eigenvalue weighted by Crippen LogP contribution is 2.22. The molecule has 0 radical (unpaired) electrons. The Hall–Kier alpha value is -2.20. The van der Waals surface area contributed by atoms with Gasteiger partial charge in [-0.1, -0.05) is 18.2 Å². The highest BCUT2D eigenvalue weighted by molar-refractivity contribution is 5.32. The van der Waals surface area contributed by atoms with Crippen molar-refractivity contribution in [2.24, 2.45) is 0 Å². The van der Waals surface area contributed by atoms with Gasteiger partial charge in [-0.15, -0.1) is 0 Å². The Balaban J connectivity index is 2.01. The average molecular weight is 274 g/mol. The number of hydrogen-bond acceptors (Lipinski definition) is 4. The van der Waals surface area contributed by atoms with Crippen LogP contribution >= 0.6 is 0 Å². The number of benzene rings is 2. The van der Waals surface area contributed by atoms with Crippen LogP contribution in [0.3, 0.4) is 0 Å². The molecule has 2 N–H and O–H groups in total. The van der Waals surface area contributed by atoms with E-state index >= 15 is 0 Å². The molecular weight excluding hydrogens is 256 g/mol. The number of phenols is 1. The third-order valence-corrected chi connectivity index (χ3v) is 3.08. The second-order valence-electron chi connectivity index (χ2n) is 4.46. The van der Waals surface area contributed by atoms with Gasteiger partial charge in [-0.05, 0) is 29.8 Å². The normalized spacial score (nSPS) is 11.9. The molecule has 2 aromatic carbocycles. The number of rotatable bonds is 6. The fourth-order valence-electron chi connectivity index (χ4n) is 1.90. The van der Waals surface area contributed by atoms with E-state index in [-0.39, 0.29) is 18.3 Å². The van der Waals surface area contributed by atoms with Crippen molar-refractivity contribution in [1.82, 2.24) is 0 Å². The first-order valence-electron chi connectivity index (χ1n) is 6.39. The number of aliphatic hydroxyl groups is 1. The van der Waals surface area contributed by atoms with Gasteiger partial charge in [0.1, 0.15) is 17.2 Å². The summed E-state index contributed by atoms with van der Waals surface area (Å²) in [6.45, 7) is 0.331. The van der Waals surface area contributed by atoms with Crippen LogP contribution in [0.25, 0.3) is 0 Å². The van der Waals surface area contributed by atoms with E-state index < -0.39 is 0 Å². The smallest absolute Gasteiger partial charge is 0.123 e. The molecular formula is C16H18O4. The first-order valence-corrected chi connectivity index (χ1v) is 6.39. The first kappa shape index (κ1) is 14.2. The van der Waals surface area contributed by atoms with Crippen LogP contribution in [-0.4, -0.2) is 30.5 Å². The lowest BCUT2D eigenvalue weighted by Crippen LogP contribution is -2.14. The first-order chi connectivity index (χ1) is 9.72. The minimum atomic E-state index is -0.122. The lowest BCUT2D eigenvalue weighted by Gasteiger charge is -2.16. The Bertz CT molecular complexity index is 536. The lowest BCUT2D eigenvalue weighted by molar-refractivity contribution is 0.204. The minimum absolute atomic E-state index is 0.00879. The zero-order chi connectivity index (χ0) is 14.4. The van der Waals surface area contributed by atoms with E-state index in [9.17, 15) is 10.2 Å². The highest BCUT2D eigenvalue weighted by Gasteiger charge is 2.12. The van der Waals surface area contributed by atoms with Gasteiger partial charge in [0.05, 0.1) is 20.3 Å². The van der Waals surface area contributed by atoms with E-state index in [1.807, 2.05) is 24.3 Å². The third-order valence-electron chi connectivity index (χ3n) is 3.08. The van der Waals surface area contributed by atoms with Crippen LogP contribution in [0.1, 0.15) is 11.5 Å². The summed E-state index contributed by atoms with van der Waals surface area (Å²) in [5.41, 5.74) is 0.980. The van der Waals surface area contributed by atoms with Gasteiger partial charge in [-0.2, -0.15) is 0 Å². The van der Waals surface area contributed by atoms with E-state index in [1.165, 1.54) is 0 Å². The van der Waals surface area contributed by atoms with Crippen molar-refractivity contribution in [3.05, 3.63) is 54.1 Å². The molecule has 0 aliphatic rings. The van der Waals surface area contributed by atoms with Crippen LogP contribution in [0.2, 0.25) is 0 Å². The average Bonchev–Trinajstić information content (AvgIpc) is 2.48. The molecule has 1 unspecified atom stereocenters. The molecule has 0 heterocycles. The van der Waals surface area contributed by atoms with Crippen LogP contribution in [0, 0.1) is 0 Å². The van der Waals surface area contributed by atoms with Crippen LogP contribution in [-0.2, 0) is 0 Å². The van der Waals surface area contributed by atoms with Crippen molar-refractivity contribution >= 4 is 0 Å². The summed E-state index contributed by atoms with van der Waals surface area (Å²) in [5.74, 6) is 1.40. The maximum Gasteiger partial charge on any atom is 0.123 e.